The molecule has 0 amide bonds. The lowest BCUT2D eigenvalue weighted by molar-refractivity contribution is 0.00239. The van der Waals surface area contributed by atoms with E-state index in [0.717, 1.165) is 16.1 Å². The molecule has 1 aromatic carbocycles. The topological polar surface area (TPSA) is 51.4 Å². The molecule has 1 saturated heterocycles. The van der Waals surface area contributed by atoms with E-state index in [-0.39, 0.29) is 6.61 Å². The smallest absolute Gasteiger partial charge is 0.221 e. The molecule has 5 nitrogen and oxygen atoms in total. The van der Waals surface area contributed by atoms with Crippen LogP contribution in [-0.2, 0) is 17.9 Å². The molecule has 7 heteroatoms. The summed E-state index contributed by atoms with van der Waals surface area (Å²) in [5.41, 5.74) is 1.51. The number of hydrogen-bond acceptors (Lipinski definition) is 6. The molecule has 0 saturated carbocycles. The number of hydrogen-bond donors (Lipinski definition) is 0. The Balaban J connectivity index is 1.35. The highest BCUT2D eigenvalue weighted by Crippen LogP contribution is 2.22. The average molecular weight is 333 g/mol. The summed E-state index contributed by atoms with van der Waals surface area (Å²) < 4.78 is 25.4. The molecule has 23 heavy (non-hydrogen) atoms. The lowest BCUT2D eigenvalue weighted by Gasteiger charge is -2.13. The fourth-order valence-corrected chi connectivity index (χ4v) is 3.43. The Bertz CT molecular complexity index is 744. The molecular weight excluding hydrogens is 317 g/mol. The van der Waals surface area contributed by atoms with Crippen molar-refractivity contribution in [2.75, 3.05) is 13.1 Å². The van der Waals surface area contributed by atoms with Crippen LogP contribution in [0.15, 0.2) is 40.3 Å². The second-order valence-corrected chi connectivity index (χ2v) is 6.54. The molecule has 1 aliphatic heterocycles. The van der Waals surface area contributed by atoms with Crippen molar-refractivity contribution in [3.63, 3.8) is 0 Å². The van der Waals surface area contributed by atoms with Crippen LogP contribution in [0.4, 0.5) is 4.39 Å². The largest absolute Gasteiger partial charge is 0.438 e. The van der Waals surface area contributed by atoms with Crippen LogP contribution in [0.25, 0.3) is 11.1 Å². The number of para-hydroxylation sites is 2. The summed E-state index contributed by atoms with van der Waals surface area (Å²) >= 11 is 1.58. The minimum absolute atomic E-state index is 0.185. The van der Waals surface area contributed by atoms with Crippen LogP contribution in [-0.4, -0.2) is 40.2 Å². The predicted molar refractivity (Wildman–Crippen MR) is 84.9 cm³/mol. The molecule has 3 aromatic rings. The molecule has 0 spiro atoms. The lowest BCUT2D eigenvalue weighted by atomic mass is 10.3. The third-order valence-electron chi connectivity index (χ3n) is 3.88. The Morgan fingerprint density at radius 1 is 1.35 bits per heavy atom. The Hall–Kier alpha value is -1.83. The molecule has 4 rings (SSSR count). The molecule has 0 radical (unpaired) electrons. The molecule has 2 atom stereocenters. The summed E-state index contributed by atoms with van der Waals surface area (Å²) in [7, 11) is 0. The highest BCUT2D eigenvalue weighted by molar-refractivity contribution is 7.09. The number of nitrogens with zero attached hydrogens (tertiary/aromatic N) is 3. The van der Waals surface area contributed by atoms with Gasteiger partial charge >= 0.3 is 0 Å². The second-order valence-electron chi connectivity index (χ2n) is 5.56. The number of ether oxygens (including phenoxy) is 1. The number of halogens is 1. The van der Waals surface area contributed by atoms with Crippen molar-refractivity contribution < 1.29 is 13.5 Å². The van der Waals surface area contributed by atoms with Crippen LogP contribution in [0.5, 0.6) is 0 Å². The molecule has 2 aromatic heterocycles. The molecule has 3 heterocycles. The molecule has 0 N–H and O–H groups in total. The molecule has 0 bridgehead atoms. The third kappa shape index (κ3) is 3.26. The monoisotopic (exact) mass is 333 g/mol. The fraction of sp³-hybridized carbons (Fsp3) is 0.375. The summed E-state index contributed by atoms with van der Waals surface area (Å²) in [6, 6.07) is 7.53. The molecule has 1 fully saturated rings. The first-order chi connectivity index (χ1) is 11.3. The first kappa shape index (κ1) is 14.7. The first-order valence-electron chi connectivity index (χ1n) is 7.49. The molecular formula is C16H16FN3O2S. The number of oxazole rings is 1. The number of rotatable bonds is 5. The van der Waals surface area contributed by atoms with E-state index in [1.54, 1.807) is 17.5 Å². The quantitative estimate of drug-likeness (QED) is 0.718. The van der Waals surface area contributed by atoms with Gasteiger partial charge in [0, 0.05) is 24.7 Å². The Labute approximate surface area is 136 Å². The number of fused-ring (bicyclic) bond motifs is 1. The van der Waals surface area contributed by atoms with E-state index in [4.69, 9.17) is 9.15 Å². The van der Waals surface area contributed by atoms with Gasteiger partial charge in [-0.3, -0.25) is 4.90 Å². The van der Waals surface area contributed by atoms with Crippen molar-refractivity contribution in [2.24, 2.45) is 0 Å². The van der Waals surface area contributed by atoms with Crippen LogP contribution in [0.1, 0.15) is 10.9 Å². The van der Waals surface area contributed by atoms with Gasteiger partial charge in [-0.1, -0.05) is 12.1 Å². The number of alkyl halides is 1. The average Bonchev–Trinajstić information content (AvgIpc) is 3.25. The zero-order valence-electron chi connectivity index (χ0n) is 12.4. The van der Waals surface area contributed by atoms with Crippen LogP contribution < -0.4 is 0 Å². The molecule has 1 aliphatic rings. The molecule has 120 valence electrons. The zero-order chi connectivity index (χ0) is 15.6. The van der Waals surface area contributed by atoms with Gasteiger partial charge in [-0.05, 0) is 12.1 Å². The van der Waals surface area contributed by atoms with E-state index in [9.17, 15) is 4.39 Å². The van der Waals surface area contributed by atoms with Crippen LogP contribution in [0.3, 0.4) is 0 Å². The van der Waals surface area contributed by atoms with Gasteiger partial charge in [0.25, 0.3) is 0 Å². The van der Waals surface area contributed by atoms with Gasteiger partial charge in [0.15, 0.2) is 5.58 Å². The van der Waals surface area contributed by atoms with E-state index >= 15 is 0 Å². The van der Waals surface area contributed by atoms with E-state index in [2.05, 4.69) is 9.97 Å². The highest BCUT2D eigenvalue weighted by Gasteiger charge is 2.34. The van der Waals surface area contributed by atoms with Gasteiger partial charge in [0.05, 0.1) is 6.54 Å². The van der Waals surface area contributed by atoms with Gasteiger partial charge in [-0.2, -0.15) is 0 Å². The third-order valence-corrected chi connectivity index (χ3v) is 4.64. The molecule has 0 unspecified atom stereocenters. The van der Waals surface area contributed by atoms with Crippen LogP contribution in [0, 0.1) is 0 Å². The number of aromatic nitrogens is 2. The standard InChI is InChI=1S/C16H16FN3O2S/c17-11-7-20(9-16-18-5-6-23-16)8-14(11)21-10-15-19-12-3-1-2-4-13(12)22-15/h1-6,11,14H,7-10H2/t11-,14+/m1/s1. The number of benzene rings is 1. The van der Waals surface area contributed by atoms with Crippen molar-refractivity contribution in [2.45, 2.75) is 25.4 Å². The van der Waals surface area contributed by atoms with Crippen molar-refractivity contribution in [1.82, 2.24) is 14.9 Å². The summed E-state index contributed by atoms with van der Waals surface area (Å²) in [6.45, 7) is 1.78. The van der Waals surface area contributed by atoms with Gasteiger partial charge in [0.2, 0.25) is 5.89 Å². The lowest BCUT2D eigenvalue weighted by Crippen LogP contribution is -2.24. The summed E-state index contributed by atoms with van der Waals surface area (Å²) in [6.07, 6.45) is 0.314. The normalized spacial score (nSPS) is 22.1. The summed E-state index contributed by atoms with van der Waals surface area (Å²) in [5.74, 6) is 0.483. The van der Waals surface area contributed by atoms with Crippen molar-refractivity contribution in [3.8, 4) is 0 Å². The van der Waals surface area contributed by atoms with E-state index in [1.165, 1.54) is 0 Å². The van der Waals surface area contributed by atoms with E-state index in [1.807, 2.05) is 34.5 Å². The maximum Gasteiger partial charge on any atom is 0.221 e. The minimum atomic E-state index is -1.00. The SMILES string of the molecule is F[C@@H]1CN(Cc2nccs2)C[C@@H]1OCc1nc2ccccc2o1. The molecule has 0 aliphatic carbocycles. The summed E-state index contributed by atoms with van der Waals surface area (Å²) in [4.78, 5) is 10.6. The van der Waals surface area contributed by atoms with Crippen LogP contribution in [0.2, 0.25) is 0 Å². The Morgan fingerprint density at radius 2 is 2.26 bits per heavy atom. The van der Waals surface area contributed by atoms with Crippen molar-refractivity contribution >= 4 is 22.4 Å². The Morgan fingerprint density at radius 3 is 3.09 bits per heavy atom. The Kier molecular flexibility index (Phi) is 4.07. The van der Waals surface area contributed by atoms with E-state index in [0.29, 0.717) is 25.5 Å². The predicted octanol–water partition coefficient (Wildman–Crippen LogP) is 3.02. The van der Waals surface area contributed by atoms with E-state index < -0.39 is 12.3 Å². The maximum atomic E-state index is 14.1. The van der Waals surface area contributed by atoms with Gasteiger partial charge in [-0.15, -0.1) is 11.3 Å². The van der Waals surface area contributed by atoms with Gasteiger partial charge in [0.1, 0.15) is 29.4 Å². The minimum Gasteiger partial charge on any atom is -0.438 e. The highest BCUT2D eigenvalue weighted by atomic mass is 32.1. The van der Waals surface area contributed by atoms with Crippen LogP contribution >= 0.6 is 11.3 Å². The fourth-order valence-electron chi connectivity index (χ4n) is 2.78. The van der Waals surface area contributed by atoms with Crippen molar-refractivity contribution in [3.05, 3.63) is 46.7 Å². The second kappa shape index (κ2) is 6.35. The maximum absolute atomic E-state index is 14.1. The summed E-state index contributed by atoms with van der Waals surface area (Å²) in [5, 5.41) is 2.93. The zero-order valence-corrected chi connectivity index (χ0v) is 13.2. The number of likely N-dealkylation sites (tertiary alicyclic amines) is 1. The van der Waals surface area contributed by atoms with Crippen molar-refractivity contribution in [1.29, 1.82) is 0 Å². The van der Waals surface area contributed by atoms with Gasteiger partial charge in [-0.25, -0.2) is 14.4 Å². The number of thiazole rings is 1. The van der Waals surface area contributed by atoms with Gasteiger partial charge < -0.3 is 9.15 Å². The first-order valence-corrected chi connectivity index (χ1v) is 8.37.